The number of furan rings is 1. The van der Waals surface area contributed by atoms with E-state index in [0.29, 0.717) is 18.8 Å². The van der Waals surface area contributed by atoms with Crippen LogP contribution >= 0.6 is 0 Å². The van der Waals surface area contributed by atoms with Crippen LogP contribution < -0.4 is 0 Å². The van der Waals surface area contributed by atoms with Crippen LogP contribution in [0.4, 0.5) is 0 Å². The molecular weight excluding hydrogens is 290 g/mol. The van der Waals surface area contributed by atoms with Gasteiger partial charge in [-0.05, 0) is 30.2 Å². The minimum Gasteiger partial charge on any atom is -0.468 e. The van der Waals surface area contributed by atoms with E-state index < -0.39 is 0 Å². The predicted molar refractivity (Wildman–Crippen MR) is 86.8 cm³/mol. The molecule has 0 bridgehead atoms. The molecule has 0 N–H and O–H groups in total. The molecule has 2 aromatic heterocycles. The molecule has 4 rings (SSSR count). The Labute approximate surface area is 136 Å². The molecule has 0 aromatic carbocycles. The van der Waals surface area contributed by atoms with Crippen LogP contribution in [0.5, 0.6) is 0 Å². The van der Waals surface area contributed by atoms with Crippen LogP contribution in [0, 0.1) is 0 Å². The Morgan fingerprint density at radius 2 is 2.22 bits per heavy atom. The van der Waals surface area contributed by atoms with Crippen LogP contribution in [0.3, 0.4) is 0 Å². The molecule has 2 saturated heterocycles. The van der Waals surface area contributed by atoms with Gasteiger partial charge in [0.2, 0.25) is 0 Å². The van der Waals surface area contributed by atoms with Gasteiger partial charge in [-0.15, -0.1) is 0 Å². The molecule has 0 saturated carbocycles. The third-order valence-corrected chi connectivity index (χ3v) is 4.83. The van der Waals surface area contributed by atoms with E-state index in [-0.39, 0.29) is 0 Å². The van der Waals surface area contributed by atoms with E-state index in [9.17, 15) is 0 Å². The van der Waals surface area contributed by atoms with Gasteiger partial charge in [0.15, 0.2) is 0 Å². The first kappa shape index (κ1) is 14.9. The minimum absolute atomic E-state index is 0.337. The van der Waals surface area contributed by atoms with E-state index in [0.717, 1.165) is 50.5 Å². The van der Waals surface area contributed by atoms with E-state index in [4.69, 9.17) is 9.15 Å². The Balaban J connectivity index is 1.27. The average Bonchev–Trinajstić information content (AvgIpc) is 3.23. The summed E-state index contributed by atoms with van der Waals surface area (Å²) in [6, 6.07) is 8.66. The number of hydrogen-bond donors (Lipinski definition) is 0. The van der Waals surface area contributed by atoms with Gasteiger partial charge in [0.05, 0.1) is 25.5 Å². The maximum Gasteiger partial charge on any atom is 0.117 e. The summed E-state index contributed by atoms with van der Waals surface area (Å²) in [5.41, 5.74) is 1.15. The Kier molecular flexibility index (Phi) is 4.41. The molecule has 5 nitrogen and oxygen atoms in total. The molecule has 5 heteroatoms. The van der Waals surface area contributed by atoms with Crippen molar-refractivity contribution in [3.05, 3.63) is 54.2 Å². The highest BCUT2D eigenvalue weighted by atomic mass is 16.5. The molecule has 122 valence electrons. The number of aromatic nitrogens is 1. The SMILES string of the molecule is c1cncc(CO[C@@H]2C[C@H]3CN(Cc4ccco4)CCN3C2)c1. The van der Waals surface area contributed by atoms with Crippen molar-refractivity contribution in [2.45, 2.75) is 31.7 Å². The number of hydrogen-bond acceptors (Lipinski definition) is 5. The Morgan fingerprint density at radius 3 is 3.04 bits per heavy atom. The fourth-order valence-corrected chi connectivity index (χ4v) is 3.65. The van der Waals surface area contributed by atoms with E-state index >= 15 is 0 Å². The van der Waals surface area contributed by atoms with Crippen molar-refractivity contribution < 1.29 is 9.15 Å². The molecule has 2 fully saturated rings. The molecule has 0 radical (unpaired) electrons. The van der Waals surface area contributed by atoms with Gasteiger partial charge in [-0.25, -0.2) is 0 Å². The van der Waals surface area contributed by atoms with Gasteiger partial charge >= 0.3 is 0 Å². The molecule has 23 heavy (non-hydrogen) atoms. The van der Waals surface area contributed by atoms with Crippen LogP contribution in [0.25, 0.3) is 0 Å². The second-order valence-electron chi connectivity index (χ2n) is 6.49. The highest BCUT2D eigenvalue weighted by Crippen LogP contribution is 2.25. The molecule has 2 atom stereocenters. The molecule has 2 aliphatic rings. The maximum atomic E-state index is 6.10. The van der Waals surface area contributed by atoms with Crippen molar-refractivity contribution in [3.63, 3.8) is 0 Å². The average molecular weight is 313 g/mol. The van der Waals surface area contributed by atoms with E-state index in [1.54, 1.807) is 12.5 Å². The normalized spacial score (nSPS) is 25.6. The molecule has 0 spiro atoms. The minimum atomic E-state index is 0.337. The number of piperazine rings is 1. The lowest BCUT2D eigenvalue weighted by atomic mass is 10.1. The maximum absolute atomic E-state index is 6.10. The lowest BCUT2D eigenvalue weighted by molar-refractivity contribution is 0.0455. The summed E-state index contributed by atoms with van der Waals surface area (Å²) < 4.78 is 11.6. The zero-order valence-corrected chi connectivity index (χ0v) is 13.3. The number of pyridine rings is 1. The third-order valence-electron chi connectivity index (χ3n) is 4.83. The second kappa shape index (κ2) is 6.83. The summed E-state index contributed by atoms with van der Waals surface area (Å²) in [5, 5.41) is 0. The standard InChI is InChI=1S/C18H23N3O2/c1-3-15(10-19-5-1)14-23-18-9-16-11-20(6-7-21(16)13-18)12-17-4-2-8-22-17/h1-5,8,10,16,18H,6-7,9,11-14H2/t16-,18+/m0/s1. The Hall–Kier alpha value is -1.69. The predicted octanol–water partition coefficient (Wildman–Crippen LogP) is 2.15. The third kappa shape index (κ3) is 3.63. The highest BCUT2D eigenvalue weighted by molar-refractivity contribution is 5.07. The first-order valence-electron chi connectivity index (χ1n) is 8.36. The largest absolute Gasteiger partial charge is 0.468 e. The van der Waals surface area contributed by atoms with E-state index in [2.05, 4.69) is 26.9 Å². The van der Waals surface area contributed by atoms with Gasteiger partial charge in [0, 0.05) is 44.6 Å². The van der Waals surface area contributed by atoms with Gasteiger partial charge in [-0.3, -0.25) is 14.8 Å². The fourth-order valence-electron chi connectivity index (χ4n) is 3.65. The Bertz CT molecular complexity index is 602. The van der Waals surface area contributed by atoms with Crippen LogP contribution in [0.2, 0.25) is 0 Å². The van der Waals surface area contributed by atoms with Crippen molar-refractivity contribution >= 4 is 0 Å². The Morgan fingerprint density at radius 1 is 1.22 bits per heavy atom. The number of nitrogens with zero attached hydrogens (tertiary/aromatic N) is 3. The fraction of sp³-hybridized carbons (Fsp3) is 0.500. The van der Waals surface area contributed by atoms with Crippen LogP contribution in [0.1, 0.15) is 17.7 Å². The number of fused-ring (bicyclic) bond motifs is 1. The summed E-state index contributed by atoms with van der Waals surface area (Å²) in [6.07, 6.45) is 6.89. The van der Waals surface area contributed by atoms with Crippen LogP contribution in [-0.2, 0) is 17.9 Å². The van der Waals surface area contributed by atoms with Crippen molar-refractivity contribution in [1.29, 1.82) is 0 Å². The first-order chi connectivity index (χ1) is 11.4. The smallest absolute Gasteiger partial charge is 0.117 e. The van der Waals surface area contributed by atoms with Gasteiger partial charge in [-0.2, -0.15) is 0 Å². The summed E-state index contributed by atoms with van der Waals surface area (Å²) in [4.78, 5) is 9.21. The summed E-state index contributed by atoms with van der Waals surface area (Å²) in [6.45, 7) is 5.96. The van der Waals surface area contributed by atoms with Gasteiger partial charge in [0.1, 0.15) is 5.76 Å². The summed E-state index contributed by atoms with van der Waals surface area (Å²) in [5.74, 6) is 1.06. The molecule has 0 unspecified atom stereocenters. The van der Waals surface area contributed by atoms with E-state index in [1.807, 2.05) is 18.3 Å². The second-order valence-corrected chi connectivity index (χ2v) is 6.49. The summed E-state index contributed by atoms with van der Waals surface area (Å²) >= 11 is 0. The van der Waals surface area contributed by atoms with E-state index in [1.165, 1.54) is 0 Å². The molecule has 0 aliphatic carbocycles. The van der Waals surface area contributed by atoms with Crippen LogP contribution in [0.15, 0.2) is 47.3 Å². The van der Waals surface area contributed by atoms with Gasteiger partial charge in [-0.1, -0.05) is 6.07 Å². The molecule has 2 aliphatic heterocycles. The monoisotopic (exact) mass is 313 g/mol. The quantitative estimate of drug-likeness (QED) is 0.846. The number of rotatable bonds is 5. The van der Waals surface area contributed by atoms with Crippen molar-refractivity contribution in [3.8, 4) is 0 Å². The number of ether oxygens (including phenoxy) is 1. The van der Waals surface area contributed by atoms with Crippen molar-refractivity contribution in [1.82, 2.24) is 14.8 Å². The molecule has 4 heterocycles. The summed E-state index contributed by atoms with van der Waals surface area (Å²) in [7, 11) is 0. The molecular formula is C18H23N3O2. The van der Waals surface area contributed by atoms with Crippen LogP contribution in [-0.4, -0.2) is 53.1 Å². The molecule has 0 amide bonds. The zero-order valence-electron chi connectivity index (χ0n) is 13.3. The zero-order chi connectivity index (χ0) is 15.5. The molecule has 2 aromatic rings. The van der Waals surface area contributed by atoms with Crippen molar-refractivity contribution in [2.24, 2.45) is 0 Å². The first-order valence-corrected chi connectivity index (χ1v) is 8.36. The topological polar surface area (TPSA) is 41.7 Å². The van der Waals surface area contributed by atoms with Gasteiger partial charge in [0.25, 0.3) is 0 Å². The lowest BCUT2D eigenvalue weighted by Gasteiger charge is -2.36. The highest BCUT2D eigenvalue weighted by Gasteiger charge is 2.36. The van der Waals surface area contributed by atoms with Crippen molar-refractivity contribution in [2.75, 3.05) is 26.2 Å². The van der Waals surface area contributed by atoms with Gasteiger partial charge < -0.3 is 9.15 Å². The lowest BCUT2D eigenvalue weighted by Crippen LogP contribution is -2.49.